The average molecular weight is 482 g/mol. The van der Waals surface area contributed by atoms with Gasteiger partial charge < -0.3 is 9.84 Å². The summed E-state index contributed by atoms with van der Waals surface area (Å²) >= 11 is 3.03. The lowest BCUT2D eigenvalue weighted by atomic mass is 9.82. The number of rotatable bonds is 2. The third kappa shape index (κ3) is 3.13. The van der Waals surface area contributed by atoms with E-state index in [2.05, 4.69) is 15.9 Å². The molecule has 1 aliphatic heterocycles. The molecule has 0 saturated heterocycles. The lowest BCUT2D eigenvalue weighted by Gasteiger charge is -2.39. The Morgan fingerprint density at radius 2 is 2.00 bits per heavy atom. The van der Waals surface area contributed by atoms with Gasteiger partial charge in [0.25, 0.3) is 0 Å². The van der Waals surface area contributed by atoms with Crippen molar-refractivity contribution in [3.63, 3.8) is 0 Å². The number of halogens is 5. The Labute approximate surface area is 166 Å². The van der Waals surface area contributed by atoms with Crippen LogP contribution >= 0.6 is 15.9 Å². The van der Waals surface area contributed by atoms with Gasteiger partial charge in [0, 0.05) is 11.6 Å². The summed E-state index contributed by atoms with van der Waals surface area (Å²) in [5, 5.41) is 19.2. The third-order valence-electron chi connectivity index (χ3n) is 4.57. The molecular weight excluding hydrogens is 470 g/mol. The molecule has 28 heavy (non-hydrogen) atoms. The Bertz CT molecular complexity index is 1060. The number of sulfone groups is 1. The minimum Gasteiger partial charge on any atom is -0.482 e. The number of nitriles is 1. The summed E-state index contributed by atoms with van der Waals surface area (Å²) in [4.78, 5) is -2.04. The quantitative estimate of drug-likeness (QED) is 0.517. The maximum atomic E-state index is 13.6. The van der Waals surface area contributed by atoms with Crippen molar-refractivity contribution in [1.82, 2.24) is 0 Å². The summed E-state index contributed by atoms with van der Waals surface area (Å²) in [6.07, 6.45) is -3.10. The molecule has 1 aromatic rings. The van der Waals surface area contributed by atoms with Crippen LogP contribution in [-0.4, -0.2) is 41.5 Å². The van der Waals surface area contributed by atoms with Crippen molar-refractivity contribution in [3.05, 3.63) is 52.2 Å². The van der Waals surface area contributed by atoms with Crippen molar-refractivity contribution in [3.8, 4) is 11.8 Å². The van der Waals surface area contributed by atoms with Gasteiger partial charge in [-0.15, -0.1) is 0 Å². The molecular formula is C17H12BrF4NO4S. The summed E-state index contributed by atoms with van der Waals surface area (Å²) in [5.74, 6) is -2.47. The molecule has 1 N–H and O–H groups in total. The first-order chi connectivity index (χ1) is 12.7. The number of alkyl halides is 4. The predicted molar refractivity (Wildman–Crippen MR) is 93.8 cm³/mol. The van der Waals surface area contributed by atoms with Crippen LogP contribution in [0.25, 0.3) is 0 Å². The molecule has 5 nitrogen and oxygen atoms in total. The van der Waals surface area contributed by atoms with Crippen LogP contribution in [0.5, 0.6) is 5.75 Å². The SMILES string of the molecule is CC1(Oc2cc(F)cc(C#N)c2)C=CC2=C(C1Br)C(O)(C(F)(F)F)CS2(=O)=O. The molecule has 0 spiro atoms. The van der Waals surface area contributed by atoms with Gasteiger partial charge in [-0.25, -0.2) is 12.8 Å². The molecule has 0 amide bonds. The van der Waals surface area contributed by atoms with Crippen LogP contribution in [0.4, 0.5) is 17.6 Å². The molecule has 0 saturated carbocycles. The highest BCUT2D eigenvalue weighted by Crippen LogP contribution is 2.52. The third-order valence-corrected chi connectivity index (χ3v) is 7.77. The molecule has 150 valence electrons. The molecule has 1 aromatic carbocycles. The van der Waals surface area contributed by atoms with Crippen LogP contribution in [0.3, 0.4) is 0 Å². The van der Waals surface area contributed by atoms with Crippen molar-refractivity contribution >= 4 is 25.8 Å². The zero-order valence-corrected chi connectivity index (χ0v) is 16.5. The summed E-state index contributed by atoms with van der Waals surface area (Å²) in [6.45, 7) is 1.34. The van der Waals surface area contributed by atoms with E-state index in [1.165, 1.54) is 19.1 Å². The van der Waals surface area contributed by atoms with Crippen LogP contribution < -0.4 is 4.74 Å². The zero-order valence-electron chi connectivity index (χ0n) is 14.1. The maximum Gasteiger partial charge on any atom is 0.422 e. The summed E-state index contributed by atoms with van der Waals surface area (Å²) in [5.41, 5.74) is -6.07. The molecule has 11 heteroatoms. The number of allylic oxidation sites excluding steroid dienone is 1. The lowest BCUT2D eigenvalue weighted by molar-refractivity contribution is -0.235. The molecule has 3 atom stereocenters. The van der Waals surface area contributed by atoms with E-state index in [0.29, 0.717) is 0 Å². The van der Waals surface area contributed by atoms with Crippen LogP contribution in [0.15, 0.2) is 40.8 Å². The Hall–Kier alpha value is -1.90. The van der Waals surface area contributed by atoms with Crippen molar-refractivity contribution in [2.45, 2.75) is 29.1 Å². The van der Waals surface area contributed by atoms with E-state index < -0.39 is 54.1 Å². The standard InChI is InChI=1S/C17H12BrF4NO4S/c1-15(27-11-5-9(7-23)4-10(19)6-11)3-2-12-13(14(15)18)16(24,17(20,21)22)8-28(12,25)26/h2-6,14,24H,8H2,1H3. The number of nitrogens with zero attached hydrogens (tertiary/aromatic N) is 1. The van der Waals surface area contributed by atoms with E-state index in [0.717, 1.165) is 18.2 Å². The van der Waals surface area contributed by atoms with Crippen molar-refractivity contribution in [1.29, 1.82) is 5.26 Å². The van der Waals surface area contributed by atoms with Crippen LogP contribution in [0.1, 0.15) is 12.5 Å². The van der Waals surface area contributed by atoms with Crippen LogP contribution in [0.2, 0.25) is 0 Å². The smallest absolute Gasteiger partial charge is 0.422 e. The lowest BCUT2D eigenvalue weighted by Crippen LogP contribution is -2.54. The van der Waals surface area contributed by atoms with Gasteiger partial charge in [-0.3, -0.25) is 0 Å². The fraction of sp³-hybridized carbons (Fsp3) is 0.353. The van der Waals surface area contributed by atoms with E-state index in [4.69, 9.17) is 10.00 Å². The number of aliphatic hydroxyl groups is 1. The second-order valence-electron chi connectivity index (χ2n) is 6.66. The topological polar surface area (TPSA) is 87.4 Å². The van der Waals surface area contributed by atoms with Gasteiger partial charge in [-0.2, -0.15) is 18.4 Å². The molecule has 3 rings (SSSR count). The monoisotopic (exact) mass is 481 g/mol. The van der Waals surface area contributed by atoms with Gasteiger partial charge >= 0.3 is 6.18 Å². The molecule has 0 fully saturated rings. The second kappa shape index (κ2) is 6.30. The summed E-state index contributed by atoms with van der Waals surface area (Å²) in [6, 6.07) is 4.79. The fourth-order valence-corrected chi connectivity index (χ4v) is 6.15. The van der Waals surface area contributed by atoms with E-state index in [-0.39, 0.29) is 11.3 Å². The molecule has 0 bridgehead atoms. The van der Waals surface area contributed by atoms with Gasteiger partial charge in [0.15, 0.2) is 15.4 Å². The van der Waals surface area contributed by atoms with E-state index in [1.807, 2.05) is 0 Å². The first-order valence-electron chi connectivity index (χ1n) is 7.73. The first-order valence-corrected chi connectivity index (χ1v) is 10.3. The van der Waals surface area contributed by atoms with E-state index in [1.54, 1.807) is 6.07 Å². The molecule has 3 unspecified atom stereocenters. The van der Waals surface area contributed by atoms with Crippen molar-refractivity contribution in [2.75, 3.05) is 5.75 Å². The molecule has 0 radical (unpaired) electrons. The molecule has 1 heterocycles. The van der Waals surface area contributed by atoms with Crippen molar-refractivity contribution in [2.24, 2.45) is 0 Å². The Balaban J connectivity index is 2.08. The van der Waals surface area contributed by atoms with Gasteiger partial charge in [0.05, 0.1) is 27.1 Å². The Kier molecular flexibility index (Phi) is 4.69. The normalized spacial score (nSPS) is 31.4. The highest BCUT2D eigenvalue weighted by Gasteiger charge is 2.67. The van der Waals surface area contributed by atoms with Crippen molar-refractivity contribution < 1.29 is 35.8 Å². The van der Waals surface area contributed by atoms with Gasteiger partial charge in [-0.1, -0.05) is 15.9 Å². The number of hydrogen-bond acceptors (Lipinski definition) is 5. The Morgan fingerprint density at radius 1 is 1.36 bits per heavy atom. The highest BCUT2D eigenvalue weighted by molar-refractivity contribution is 9.09. The van der Waals surface area contributed by atoms with Gasteiger partial charge in [-0.05, 0) is 31.2 Å². The number of ether oxygens (including phenoxy) is 1. The van der Waals surface area contributed by atoms with Gasteiger partial charge in [0.1, 0.15) is 17.2 Å². The summed E-state index contributed by atoms with van der Waals surface area (Å²) < 4.78 is 84.3. The van der Waals surface area contributed by atoms with Gasteiger partial charge in [0.2, 0.25) is 0 Å². The second-order valence-corrected chi connectivity index (χ2v) is 9.54. The fourth-order valence-electron chi connectivity index (χ4n) is 3.20. The average Bonchev–Trinajstić information content (AvgIpc) is 2.77. The van der Waals surface area contributed by atoms with E-state index >= 15 is 0 Å². The minimum atomic E-state index is -5.25. The zero-order chi connectivity index (χ0) is 21.1. The predicted octanol–water partition coefficient (Wildman–Crippen LogP) is 3.14. The van der Waals surface area contributed by atoms with Crippen LogP contribution in [-0.2, 0) is 9.84 Å². The number of hydrogen-bond donors (Lipinski definition) is 1. The largest absolute Gasteiger partial charge is 0.482 e. The minimum absolute atomic E-state index is 0.0698. The summed E-state index contributed by atoms with van der Waals surface area (Å²) in [7, 11) is -4.38. The first kappa shape index (κ1) is 20.8. The van der Waals surface area contributed by atoms with E-state index in [9.17, 15) is 31.1 Å². The maximum absolute atomic E-state index is 13.6. The highest BCUT2D eigenvalue weighted by atomic mass is 79.9. The molecule has 1 aliphatic carbocycles. The van der Waals surface area contributed by atoms with Crippen LogP contribution in [0, 0.1) is 17.1 Å². The molecule has 0 aromatic heterocycles. The number of benzene rings is 1. The molecule has 2 aliphatic rings. The Morgan fingerprint density at radius 3 is 2.57 bits per heavy atom.